The Kier molecular flexibility index (Phi) is 27.7. The van der Waals surface area contributed by atoms with Crippen molar-refractivity contribution >= 4 is 162 Å². The molecule has 4 fully saturated rings. The highest BCUT2D eigenvalue weighted by molar-refractivity contribution is 6.93. The summed E-state index contributed by atoms with van der Waals surface area (Å²) >= 11 is 0. The van der Waals surface area contributed by atoms with E-state index >= 15 is 0 Å². The van der Waals surface area contributed by atoms with Crippen molar-refractivity contribution in [3.63, 3.8) is 0 Å². The second-order valence-corrected chi connectivity index (χ2v) is 73.3. The molecule has 16 nitrogen and oxygen atoms in total. The molecule has 0 bridgehead atoms. The lowest BCUT2D eigenvalue weighted by Gasteiger charge is -2.46. The van der Waals surface area contributed by atoms with Crippen LogP contribution in [0.4, 0.5) is 0 Å². The van der Waals surface area contributed by atoms with Crippen LogP contribution in [0, 0.1) is 0 Å². The molecule has 0 aromatic heterocycles. The van der Waals surface area contributed by atoms with Crippen molar-refractivity contribution in [2.45, 2.75) is 223 Å². The fourth-order valence-electron chi connectivity index (χ4n) is 9.25. The van der Waals surface area contributed by atoms with Crippen molar-refractivity contribution in [2.24, 2.45) is 0 Å². The second kappa shape index (κ2) is 29.5. The van der Waals surface area contributed by atoms with Crippen LogP contribution < -0.4 is 0 Å². The van der Waals surface area contributed by atoms with E-state index in [-0.39, 0.29) is 18.3 Å². The number of hydrogen-bond donors (Lipinski definition) is 0. The molecule has 4 aliphatic rings. The first-order chi connectivity index (χ1) is 31.9. The van der Waals surface area contributed by atoms with E-state index < -0.39 is 162 Å². The molecule has 0 spiro atoms. The van der Waals surface area contributed by atoms with Crippen molar-refractivity contribution in [1.29, 1.82) is 0 Å². The first-order valence-electron chi connectivity index (χ1n) is 26.0. The lowest BCUT2D eigenvalue weighted by atomic mass is 10.5. The van der Waals surface area contributed by atoms with Gasteiger partial charge in [0, 0.05) is 18.3 Å². The normalized spacial score (nSPS) is 34.6. The van der Waals surface area contributed by atoms with Gasteiger partial charge in [0.05, 0.1) is 0 Å². The molecule has 4 saturated heterocycles. The zero-order valence-electron chi connectivity index (χ0n) is 46.4. The molecule has 0 N–H and O–H groups in total. The molecule has 4 heterocycles. The van der Waals surface area contributed by atoms with E-state index in [1.54, 1.807) is 0 Å². The van der Waals surface area contributed by atoms with E-state index in [0.29, 0.717) is 0 Å². The Morgan fingerprint density at radius 2 is 0.841 bits per heavy atom. The molecule has 34 heteroatoms. The van der Waals surface area contributed by atoms with E-state index in [0.717, 1.165) is 72.2 Å². The third-order valence-electron chi connectivity index (χ3n) is 12.2. The minimum absolute atomic E-state index is 0.127. The van der Waals surface area contributed by atoms with Crippen LogP contribution in [0.3, 0.4) is 0 Å². The monoisotopic (exact) mass is 1280 g/mol. The fraction of sp³-hybridized carbons (Fsp3) is 1.00. The Morgan fingerprint density at radius 3 is 1.39 bits per heavy atom. The van der Waals surface area contributed by atoms with Crippen LogP contribution in [0.1, 0.15) is 20.8 Å². The Hall–Kier alpha value is 3.26. The summed E-state index contributed by atoms with van der Waals surface area (Å²) in [6, 6.07) is 9.83. The zero-order chi connectivity index (χ0) is 51.5. The molecule has 0 amide bonds. The van der Waals surface area contributed by atoms with Crippen molar-refractivity contribution in [3.8, 4) is 0 Å². The second-order valence-electron chi connectivity index (χ2n) is 22.5. The maximum absolute atomic E-state index is 7.83. The summed E-state index contributed by atoms with van der Waals surface area (Å²) in [5.41, 5.74) is 1.14. The molecule has 13 unspecified atom stereocenters. The average molecular weight is 1280 g/mol. The number of rotatable bonds is 20. The average Bonchev–Trinajstić information content (AvgIpc) is 3.13. The zero-order valence-corrected chi connectivity index (χ0v) is 65.8. The van der Waals surface area contributed by atoms with E-state index in [9.17, 15) is 0 Å². The lowest BCUT2D eigenvalue weighted by molar-refractivity contribution is 0.144. The summed E-state index contributed by atoms with van der Waals surface area (Å²) in [4.78, 5) is 0. The molecule has 404 valence electrons. The summed E-state index contributed by atoms with van der Waals surface area (Å²) in [6.07, 6.45) is 0.450. The van der Waals surface area contributed by atoms with E-state index in [1.165, 1.54) is 0 Å². The predicted octanol–water partition coefficient (Wildman–Crippen LogP) is 6.39. The SMILES string of the molecule is CC1C[SiH](C)O[SiH](C)O[Si](CC[Si](C)(C)O[Si](O[Si](C)(C)CC[Si]2CC(C)O[SiH](C)O[SiH](C)O2)(O[Si](C)(C)CC[Si]2O[SiH](C)CC(C)O[SiH](C)O2)O[Si](C)(C)CC[Si]2O[SiH](C)C[SiH](C)O[SiH](C)O2)O1. The standard InChI is InChI=1S/C35H96O16Si18/c1-33-29-53(5)41-63(45-57(9)36-33)23-27-67(17,18)50-69(48-65(13,14)25-21-61-31-35(3)37-56(8)43-60(12)44-61,49-66(15,16)26-22-62-38-34(2)30-52(4)39-58(10)46-62)51-68(19,20)28-24-64-42-55(7)32-54(6)40-59(11)47-64/h33-35,52-60H,21-32H2,1-20H3. The minimum atomic E-state index is -3.95. The highest BCUT2D eigenvalue weighted by Gasteiger charge is 2.59. The first kappa shape index (κ1) is 64.8. The third kappa shape index (κ3) is 25.7. The quantitative estimate of drug-likeness (QED) is 0.124. The Bertz CT molecular complexity index is 1240. The molecule has 0 aliphatic carbocycles. The lowest BCUT2D eigenvalue weighted by Crippen LogP contribution is -2.67. The van der Waals surface area contributed by atoms with Crippen molar-refractivity contribution < 1.29 is 66.8 Å². The van der Waals surface area contributed by atoms with Crippen LogP contribution in [-0.2, 0) is 66.8 Å². The largest absolute Gasteiger partial charge is 0.636 e. The van der Waals surface area contributed by atoms with E-state index in [1.807, 2.05) is 0 Å². The Balaban J connectivity index is 1.70. The number of hydrogen-bond acceptors (Lipinski definition) is 16. The molecule has 4 radical (unpaired) electrons. The van der Waals surface area contributed by atoms with Gasteiger partial charge in [-0.2, -0.15) is 0 Å². The summed E-state index contributed by atoms with van der Waals surface area (Å²) in [7, 11) is -34.5. The fourth-order valence-corrected chi connectivity index (χ4v) is 76.1. The van der Waals surface area contributed by atoms with Crippen molar-refractivity contribution in [3.05, 3.63) is 0 Å². The van der Waals surface area contributed by atoms with Gasteiger partial charge in [0.25, 0.3) is 27.9 Å². The van der Waals surface area contributed by atoms with Crippen LogP contribution in [0.15, 0.2) is 0 Å². The topological polar surface area (TPSA) is 148 Å². The summed E-state index contributed by atoms with van der Waals surface area (Å²) in [6.45, 7) is 45.0. The highest BCUT2D eigenvalue weighted by Crippen LogP contribution is 2.37. The highest BCUT2D eigenvalue weighted by atomic mass is 28.5. The van der Waals surface area contributed by atoms with E-state index in [2.05, 4.69) is 132 Å². The van der Waals surface area contributed by atoms with Gasteiger partial charge in [0.15, 0.2) is 69.4 Å². The van der Waals surface area contributed by atoms with Gasteiger partial charge in [-0.05, 0) is 204 Å². The van der Waals surface area contributed by atoms with Gasteiger partial charge in [0.2, 0.25) is 9.04 Å². The van der Waals surface area contributed by atoms with Gasteiger partial charge in [-0.3, -0.25) is 0 Å². The van der Waals surface area contributed by atoms with Crippen LogP contribution in [0.25, 0.3) is 0 Å². The van der Waals surface area contributed by atoms with Crippen LogP contribution in [0.5, 0.6) is 0 Å². The van der Waals surface area contributed by atoms with Crippen LogP contribution >= 0.6 is 0 Å². The smallest absolute Gasteiger partial charge is 0.442 e. The van der Waals surface area contributed by atoms with Gasteiger partial charge in [0.1, 0.15) is 0 Å². The van der Waals surface area contributed by atoms with Gasteiger partial charge in [-0.15, -0.1) is 0 Å². The third-order valence-corrected chi connectivity index (χ3v) is 72.0. The molecule has 4 rings (SSSR count). The van der Waals surface area contributed by atoms with Crippen molar-refractivity contribution in [1.82, 2.24) is 0 Å². The molecular formula is C35H96O16Si18. The molecular weight excluding hydrogens is 1180 g/mol. The Labute approximate surface area is 447 Å². The van der Waals surface area contributed by atoms with Crippen LogP contribution in [-0.4, -0.2) is 180 Å². The summed E-state index contributed by atoms with van der Waals surface area (Å²) < 4.78 is 110. The van der Waals surface area contributed by atoms with Gasteiger partial charge in [-0.25, -0.2) is 0 Å². The van der Waals surface area contributed by atoms with Gasteiger partial charge < -0.3 is 66.8 Å². The maximum Gasteiger partial charge on any atom is 0.636 e. The first-order valence-corrected chi connectivity index (χ1v) is 66.8. The molecule has 0 saturated carbocycles. The van der Waals surface area contributed by atoms with Gasteiger partial charge in [-0.1, -0.05) is 0 Å². The molecule has 69 heavy (non-hydrogen) atoms. The molecule has 13 atom stereocenters. The minimum Gasteiger partial charge on any atom is -0.442 e. The molecule has 0 aromatic carbocycles. The summed E-state index contributed by atoms with van der Waals surface area (Å²) in [5.74, 6) is 0. The Morgan fingerprint density at radius 1 is 0.420 bits per heavy atom. The molecule has 0 aromatic rings. The predicted molar refractivity (Wildman–Crippen MR) is 319 cm³/mol. The maximum atomic E-state index is 7.83. The van der Waals surface area contributed by atoms with Gasteiger partial charge >= 0.3 is 55.5 Å². The molecule has 4 aliphatic heterocycles. The van der Waals surface area contributed by atoms with Crippen molar-refractivity contribution in [2.75, 3.05) is 0 Å². The van der Waals surface area contributed by atoms with Crippen LogP contribution in [0.2, 0.25) is 183 Å². The summed E-state index contributed by atoms with van der Waals surface area (Å²) in [5, 5.41) is 0. The van der Waals surface area contributed by atoms with E-state index in [4.69, 9.17) is 66.8 Å².